The maximum atomic E-state index is 14.0. The number of nitrogens with zero attached hydrogens (tertiary/aromatic N) is 5. The summed E-state index contributed by atoms with van der Waals surface area (Å²) in [7, 11) is 1.72. The highest BCUT2D eigenvalue weighted by molar-refractivity contribution is 6.27. The van der Waals surface area contributed by atoms with Gasteiger partial charge in [0, 0.05) is 38.8 Å². The molecule has 1 aliphatic rings. The Balaban J connectivity index is 1.75. The smallest absolute Gasteiger partial charge is 0.237 e. The molecule has 1 amide bonds. The van der Waals surface area contributed by atoms with Gasteiger partial charge in [0.15, 0.2) is 0 Å². The van der Waals surface area contributed by atoms with E-state index in [0.29, 0.717) is 49.6 Å². The molecule has 2 aromatic rings. The van der Waals surface area contributed by atoms with Crippen LogP contribution in [0.25, 0.3) is 0 Å². The number of benzene rings is 1. The van der Waals surface area contributed by atoms with Crippen LogP contribution in [0.5, 0.6) is 0 Å². The number of alkyl halides is 1. The maximum Gasteiger partial charge on any atom is 0.237 e. The molecule has 2 heterocycles. The zero-order chi connectivity index (χ0) is 20.1. The van der Waals surface area contributed by atoms with Crippen LogP contribution in [0.1, 0.15) is 18.5 Å². The molecule has 3 rings (SSSR count). The summed E-state index contributed by atoms with van der Waals surface area (Å²) in [5.41, 5.74) is 0.531. The molecular weight excluding hydrogens is 385 g/mol. The molecule has 1 aromatic carbocycles. The van der Waals surface area contributed by atoms with Crippen molar-refractivity contribution in [2.45, 2.75) is 13.0 Å². The fourth-order valence-corrected chi connectivity index (χ4v) is 3.19. The van der Waals surface area contributed by atoms with Gasteiger partial charge in [0.1, 0.15) is 11.7 Å². The quantitative estimate of drug-likeness (QED) is 0.709. The van der Waals surface area contributed by atoms with E-state index in [2.05, 4.69) is 25.6 Å². The first-order valence-electron chi connectivity index (χ1n) is 9.05. The van der Waals surface area contributed by atoms with Gasteiger partial charge in [-0.3, -0.25) is 4.79 Å². The van der Waals surface area contributed by atoms with E-state index in [1.165, 1.54) is 6.07 Å². The number of hydrogen-bond donors (Lipinski definition) is 2. The lowest BCUT2D eigenvalue weighted by atomic mass is 10.1. The van der Waals surface area contributed by atoms with Gasteiger partial charge in [0.2, 0.25) is 23.8 Å². The van der Waals surface area contributed by atoms with Crippen LogP contribution in [0.15, 0.2) is 24.3 Å². The normalized spacial score (nSPS) is 15.3. The number of carbonyl (C=O) groups is 1. The highest BCUT2D eigenvalue weighted by atomic mass is 35.5. The van der Waals surface area contributed by atoms with Gasteiger partial charge in [0.25, 0.3) is 0 Å². The van der Waals surface area contributed by atoms with Crippen LogP contribution < -0.4 is 15.5 Å². The zero-order valence-corrected chi connectivity index (χ0v) is 16.6. The van der Waals surface area contributed by atoms with Crippen LogP contribution in [0.4, 0.5) is 22.2 Å². The lowest BCUT2D eigenvalue weighted by Gasteiger charge is -2.34. The zero-order valence-electron chi connectivity index (χ0n) is 15.8. The van der Waals surface area contributed by atoms with Crippen molar-refractivity contribution in [2.24, 2.45) is 0 Å². The number of anilines is 3. The summed E-state index contributed by atoms with van der Waals surface area (Å²) in [5.74, 6) is 0.884. The molecule has 1 atom stereocenters. The Bertz CT molecular complexity index is 829. The molecule has 1 aliphatic heterocycles. The van der Waals surface area contributed by atoms with Crippen LogP contribution in [0, 0.1) is 5.82 Å². The van der Waals surface area contributed by atoms with Crippen molar-refractivity contribution in [2.75, 3.05) is 54.6 Å². The molecule has 0 aliphatic carbocycles. The predicted octanol–water partition coefficient (Wildman–Crippen LogP) is 2.11. The van der Waals surface area contributed by atoms with Gasteiger partial charge in [-0.15, -0.1) is 11.6 Å². The largest absolute Gasteiger partial charge is 0.357 e. The molecule has 28 heavy (non-hydrogen) atoms. The third-order valence-corrected chi connectivity index (χ3v) is 4.82. The summed E-state index contributed by atoms with van der Waals surface area (Å²) < 4.78 is 14.0. The van der Waals surface area contributed by atoms with Crippen LogP contribution in [0.3, 0.4) is 0 Å². The van der Waals surface area contributed by atoms with E-state index in [9.17, 15) is 9.18 Å². The van der Waals surface area contributed by atoms with Crippen molar-refractivity contribution >= 4 is 35.4 Å². The summed E-state index contributed by atoms with van der Waals surface area (Å²) in [4.78, 5) is 28.7. The number of rotatable bonds is 6. The van der Waals surface area contributed by atoms with E-state index in [-0.39, 0.29) is 23.6 Å². The molecule has 1 fully saturated rings. The fraction of sp³-hybridized carbons (Fsp3) is 0.444. The molecule has 10 heteroatoms. The second kappa shape index (κ2) is 9.01. The lowest BCUT2D eigenvalue weighted by Crippen LogP contribution is -2.49. The Labute approximate surface area is 168 Å². The van der Waals surface area contributed by atoms with Crippen molar-refractivity contribution in [1.29, 1.82) is 0 Å². The second-order valence-corrected chi connectivity index (χ2v) is 6.69. The van der Waals surface area contributed by atoms with Gasteiger partial charge < -0.3 is 20.4 Å². The Kier molecular flexibility index (Phi) is 6.45. The van der Waals surface area contributed by atoms with Gasteiger partial charge >= 0.3 is 0 Å². The predicted molar refractivity (Wildman–Crippen MR) is 107 cm³/mol. The van der Waals surface area contributed by atoms with E-state index in [1.54, 1.807) is 30.1 Å². The number of aromatic nitrogens is 3. The topological polar surface area (TPSA) is 86.3 Å². The first-order valence-corrected chi connectivity index (χ1v) is 9.58. The summed E-state index contributed by atoms with van der Waals surface area (Å²) in [6.45, 7) is 4.15. The molecule has 0 radical (unpaired) electrons. The van der Waals surface area contributed by atoms with E-state index in [4.69, 9.17) is 11.6 Å². The minimum Gasteiger partial charge on any atom is -0.357 e. The van der Waals surface area contributed by atoms with Crippen LogP contribution in [0.2, 0.25) is 0 Å². The van der Waals surface area contributed by atoms with Crippen molar-refractivity contribution in [3.63, 3.8) is 0 Å². The number of hydrogen-bond acceptors (Lipinski definition) is 7. The lowest BCUT2D eigenvalue weighted by molar-refractivity contribution is -0.128. The summed E-state index contributed by atoms with van der Waals surface area (Å²) >= 11 is 5.63. The van der Waals surface area contributed by atoms with E-state index >= 15 is 0 Å². The summed E-state index contributed by atoms with van der Waals surface area (Å²) in [6.07, 6.45) is 0. The van der Waals surface area contributed by atoms with Crippen molar-refractivity contribution in [3.05, 3.63) is 35.6 Å². The number of nitrogens with one attached hydrogen (secondary N) is 2. The fourth-order valence-electron chi connectivity index (χ4n) is 3.02. The number of halogens is 2. The van der Waals surface area contributed by atoms with Gasteiger partial charge in [-0.25, -0.2) is 4.39 Å². The van der Waals surface area contributed by atoms with Crippen molar-refractivity contribution < 1.29 is 9.18 Å². The van der Waals surface area contributed by atoms with Crippen LogP contribution in [-0.4, -0.2) is 64.9 Å². The summed E-state index contributed by atoms with van der Waals surface area (Å²) in [5, 5.41) is 6.06. The molecule has 0 bridgehead atoms. The standard InChI is InChI=1S/C18H23ClFN7O/c1-12(13-5-3-4-6-14(13)20)22-17-23-16(21-2)24-18(25-17)27-9-7-26(8-10-27)15(28)11-19/h3-6,12H,7-11H2,1-2H3,(H2,21,22,23,24,25). The summed E-state index contributed by atoms with van der Waals surface area (Å²) in [6, 6.07) is 6.27. The minimum atomic E-state index is -0.320. The second-order valence-electron chi connectivity index (χ2n) is 6.42. The SMILES string of the molecule is CNc1nc(NC(C)c2ccccc2F)nc(N2CCN(C(=O)CCl)CC2)n1. The van der Waals surface area contributed by atoms with E-state index in [1.807, 2.05) is 11.8 Å². The Morgan fingerprint density at radius 2 is 1.86 bits per heavy atom. The van der Waals surface area contributed by atoms with Gasteiger partial charge in [-0.1, -0.05) is 18.2 Å². The van der Waals surface area contributed by atoms with Crippen LogP contribution >= 0.6 is 11.6 Å². The monoisotopic (exact) mass is 407 g/mol. The third kappa shape index (κ3) is 4.59. The average molecular weight is 408 g/mol. The van der Waals surface area contributed by atoms with E-state index in [0.717, 1.165) is 0 Å². The van der Waals surface area contributed by atoms with Gasteiger partial charge in [-0.05, 0) is 13.0 Å². The Hall–Kier alpha value is -2.68. The highest BCUT2D eigenvalue weighted by Gasteiger charge is 2.23. The molecule has 8 nitrogen and oxygen atoms in total. The van der Waals surface area contributed by atoms with Crippen LogP contribution in [-0.2, 0) is 4.79 Å². The molecule has 0 saturated carbocycles. The number of amides is 1. The molecular formula is C18H23ClFN7O. The molecule has 2 N–H and O–H groups in total. The number of piperazine rings is 1. The molecule has 1 aromatic heterocycles. The highest BCUT2D eigenvalue weighted by Crippen LogP contribution is 2.22. The van der Waals surface area contributed by atoms with Crippen molar-refractivity contribution in [3.8, 4) is 0 Å². The van der Waals surface area contributed by atoms with E-state index < -0.39 is 0 Å². The molecule has 1 unspecified atom stereocenters. The third-order valence-electron chi connectivity index (χ3n) is 4.59. The number of carbonyl (C=O) groups excluding carboxylic acids is 1. The maximum absolute atomic E-state index is 14.0. The Morgan fingerprint density at radius 3 is 2.50 bits per heavy atom. The molecule has 0 spiro atoms. The Morgan fingerprint density at radius 1 is 1.18 bits per heavy atom. The first-order chi connectivity index (χ1) is 13.5. The van der Waals surface area contributed by atoms with Crippen molar-refractivity contribution in [1.82, 2.24) is 19.9 Å². The van der Waals surface area contributed by atoms with Gasteiger partial charge in [0.05, 0.1) is 6.04 Å². The molecule has 150 valence electrons. The first kappa shape index (κ1) is 20.1. The average Bonchev–Trinajstić information content (AvgIpc) is 2.73. The van der Waals surface area contributed by atoms with Gasteiger partial charge in [-0.2, -0.15) is 15.0 Å². The molecule has 1 saturated heterocycles. The minimum absolute atomic E-state index is 0.0162.